The largest absolute Gasteiger partial charge is 0.322 e. The van der Waals surface area contributed by atoms with Crippen molar-refractivity contribution in [3.05, 3.63) is 114 Å². The van der Waals surface area contributed by atoms with Crippen LogP contribution in [0.1, 0.15) is 11.1 Å². The van der Waals surface area contributed by atoms with Crippen molar-refractivity contribution < 1.29 is 13.2 Å². The van der Waals surface area contributed by atoms with E-state index in [4.69, 9.17) is 0 Å². The maximum Gasteiger partial charge on any atom is 0.261 e. The Morgan fingerprint density at radius 2 is 1.68 bits per heavy atom. The minimum absolute atomic E-state index is 0.108. The summed E-state index contributed by atoms with van der Waals surface area (Å²) >= 11 is 0. The van der Waals surface area contributed by atoms with E-state index >= 15 is 0 Å². The van der Waals surface area contributed by atoms with Crippen molar-refractivity contribution in [2.45, 2.75) is 11.8 Å². The van der Waals surface area contributed by atoms with E-state index in [1.165, 1.54) is 18.2 Å². The predicted octanol–water partition coefficient (Wildman–Crippen LogP) is 5.51. The summed E-state index contributed by atoms with van der Waals surface area (Å²) in [5.74, 6) is -0.338. The molecule has 0 saturated heterocycles. The fourth-order valence-corrected chi connectivity index (χ4v) is 4.50. The number of carbonyl (C=O) groups is 1. The molecular formula is C27H23N3O3S. The number of hydrogen-bond acceptors (Lipinski definition) is 4. The summed E-state index contributed by atoms with van der Waals surface area (Å²) in [6.07, 6.45) is 4.64. The Hall–Kier alpha value is -4.23. The summed E-state index contributed by atoms with van der Waals surface area (Å²) in [6.45, 7) is 1.89. The van der Waals surface area contributed by atoms with E-state index in [1.807, 2.05) is 49.4 Å². The average Bonchev–Trinajstić information content (AvgIpc) is 2.84. The monoisotopic (exact) mass is 469 g/mol. The van der Waals surface area contributed by atoms with Gasteiger partial charge in [0.05, 0.1) is 16.3 Å². The third-order valence-corrected chi connectivity index (χ3v) is 6.37. The van der Waals surface area contributed by atoms with Gasteiger partial charge in [-0.25, -0.2) is 8.42 Å². The fraction of sp³-hybridized carbons (Fsp3) is 0.0370. The SMILES string of the molecule is Cc1cccc(NS(=O)(=O)c2cccc(/C=C/C(=O)Nc3ccccc3-c3ccccn3)c2)c1. The molecule has 0 bridgehead atoms. The number of sulfonamides is 1. The molecule has 34 heavy (non-hydrogen) atoms. The van der Waals surface area contributed by atoms with Gasteiger partial charge in [-0.1, -0.05) is 48.5 Å². The van der Waals surface area contributed by atoms with Gasteiger partial charge in [0.15, 0.2) is 0 Å². The normalized spacial score (nSPS) is 11.3. The van der Waals surface area contributed by atoms with E-state index in [9.17, 15) is 13.2 Å². The minimum atomic E-state index is -3.77. The first kappa shape index (κ1) is 22.9. The zero-order valence-electron chi connectivity index (χ0n) is 18.5. The third kappa shape index (κ3) is 5.76. The predicted molar refractivity (Wildman–Crippen MR) is 136 cm³/mol. The number of anilines is 2. The van der Waals surface area contributed by atoms with Crippen molar-refractivity contribution in [2.75, 3.05) is 10.0 Å². The van der Waals surface area contributed by atoms with E-state index in [0.717, 1.165) is 16.8 Å². The quantitative estimate of drug-likeness (QED) is 0.349. The molecule has 0 aliphatic carbocycles. The Morgan fingerprint density at radius 3 is 2.47 bits per heavy atom. The molecule has 4 rings (SSSR count). The van der Waals surface area contributed by atoms with Gasteiger partial charge in [0, 0.05) is 23.5 Å². The van der Waals surface area contributed by atoms with Crippen LogP contribution in [0.4, 0.5) is 11.4 Å². The molecule has 0 radical (unpaired) electrons. The number of nitrogens with zero attached hydrogens (tertiary/aromatic N) is 1. The molecule has 7 heteroatoms. The van der Waals surface area contributed by atoms with Gasteiger partial charge >= 0.3 is 0 Å². The Morgan fingerprint density at radius 1 is 0.882 bits per heavy atom. The van der Waals surface area contributed by atoms with Crippen LogP contribution in [0.25, 0.3) is 17.3 Å². The van der Waals surface area contributed by atoms with Gasteiger partial charge in [0.25, 0.3) is 10.0 Å². The number of hydrogen-bond donors (Lipinski definition) is 2. The van der Waals surface area contributed by atoms with Crippen LogP contribution < -0.4 is 10.0 Å². The summed E-state index contributed by atoms with van der Waals surface area (Å²) in [4.78, 5) is 17.0. The zero-order valence-corrected chi connectivity index (χ0v) is 19.3. The maximum absolute atomic E-state index is 12.8. The second kappa shape index (κ2) is 10.1. The highest BCUT2D eigenvalue weighted by atomic mass is 32.2. The smallest absolute Gasteiger partial charge is 0.261 e. The molecule has 1 heterocycles. The Kier molecular flexibility index (Phi) is 6.85. The van der Waals surface area contributed by atoms with Gasteiger partial charge in [0.1, 0.15) is 0 Å². The lowest BCUT2D eigenvalue weighted by molar-refractivity contribution is -0.111. The van der Waals surface area contributed by atoms with Crippen LogP contribution in [0.3, 0.4) is 0 Å². The molecule has 0 aliphatic heterocycles. The van der Waals surface area contributed by atoms with Gasteiger partial charge in [0.2, 0.25) is 5.91 Å². The van der Waals surface area contributed by atoms with Crippen molar-refractivity contribution >= 4 is 33.4 Å². The highest BCUT2D eigenvalue weighted by Crippen LogP contribution is 2.26. The molecule has 0 spiro atoms. The van der Waals surface area contributed by atoms with Crippen molar-refractivity contribution in [2.24, 2.45) is 0 Å². The lowest BCUT2D eigenvalue weighted by atomic mass is 10.1. The van der Waals surface area contributed by atoms with Crippen LogP contribution >= 0.6 is 0 Å². The van der Waals surface area contributed by atoms with E-state index in [0.29, 0.717) is 16.9 Å². The zero-order chi connectivity index (χ0) is 24.0. The molecule has 0 fully saturated rings. The topological polar surface area (TPSA) is 88.2 Å². The summed E-state index contributed by atoms with van der Waals surface area (Å²) in [5.41, 5.74) is 4.22. The molecule has 0 unspecified atom stereocenters. The van der Waals surface area contributed by atoms with Crippen molar-refractivity contribution in [3.63, 3.8) is 0 Å². The van der Waals surface area contributed by atoms with E-state index in [-0.39, 0.29) is 10.8 Å². The van der Waals surface area contributed by atoms with Gasteiger partial charge in [-0.2, -0.15) is 0 Å². The summed E-state index contributed by atoms with van der Waals surface area (Å²) in [6, 6.07) is 26.5. The van der Waals surface area contributed by atoms with Crippen LogP contribution in [0.15, 0.2) is 108 Å². The van der Waals surface area contributed by atoms with Gasteiger partial charge in [-0.15, -0.1) is 0 Å². The molecule has 0 atom stereocenters. The Bertz CT molecular complexity index is 1450. The first-order valence-corrected chi connectivity index (χ1v) is 12.1. The van der Waals surface area contributed by atoms with E-state index < -0.39 is 10.0 Å². The number of rotatable bonds is 7. The molecule has 3 aromatic carbocycles. The molecule has 1 aromatic heterocycles. The first-order chi connectivity index (χ1) is 16.4. The molecule has 4 aromatic rings. The van der Waals surface area contributed by atoms with Gasteiger partial charge in [-0.3, -0.25) is 14.5 Å². The molecule has 2 N–H and O–H groups in total. The third-order valence-electron chi connectivity index (χ3n) is 4.99. The number of carbonyl (C=O) groups excluding carboxylic acids is 1. The highest BCUT2D eigenvalue weighted by Gasteiger charge is 2.14. The average molecular weight is 470 g/mol. The van der Waals surface area contributed by atoms with E-state index in [2.05, 4.69) is 15.0 Å². The van der Waals surface area contributed by atoms with E-state index in [1.54, 1.807) is 48.7 Å². The lowest BCUT2D eigenvalue weighted by Crippen LogP contribution is -2.13. The standard InChI is InChI=1S/C27H23N3O3S/c1-20-8-6-10-22(18-20)30-34(32,33)23-11-7-9-21(19-23)15-16-27(31)29-26-14-3-2-12-24(26)25-13-4-5-17-28-25/h2-19,30H,1H3,(H,29,31)/b16-15+. The molecule has 1 amide bonds. The molecule has 0 saturated carbocycles. The maximum atomic E-state index is 12.8. The summed E-state index contributed by atoms with van der Waals surface area (Å²) < 4.78 is 28.2. The number of aromatic nitrogens is 1. The number of aryl methyl sites for hydroxylation is 1. The fourth-order valence-electron chi connectivity index (χ4n) is 3.39. The summed E-state index contributed by atoms with van der Waals surface area (Å²) in [7, 11) is -3.77. The van der Waals surface area contributed by atoms with Crippen LogP contribution in [0, 0.1) is 6.92 Å². The number of nitrogens with one attached hydrogen (secondary N) is 2. The molecular weight excluding hydrogens is 446 g/mol. The number of para-hydroxylation sites is 1. The second-order valence-electron chi connectivity index (χ2n) is 7.63. The Labute approximate surface area is 199 Å². The second-order valence-corrected chi connectivity index (χ2v) is 9.31. The first-order valence-electron chi connectivity index (χ1n) is 10.6. The van der Waals surface area contributed by atoms with Gasteiger partial charge < -0.3 is 5.32 Å². The highest BCUT2D eigenvalue weighted by molar-refractivity contribution is 7.92. The molecule has 0 aliphatic rings. The van der Waals surface area contributed by atoms with Crippen LogP contribution in [-0.4, -0.2) is 19.3 Å². The summed E-state index contributed by atoms with van der Waals surface area (Å²) in [5, 5.41) is 2.87. The van der Waals surface area contributed by atoms with Crippen molar-refractivity contribution in [1.82, 2.24) is 4.98 Å². The molecule has 170 valence electrons. The van der Waals surface area contributed by atoms with Gasteiger partial charge in [-0.05, 0) is 66.6 Å². The molecule has 6 nitrogen and oxygen atoms in total. The number of pyridine rings is 1. The van der Waals surface area contributed by atoms with Crippen LogP contribution in [0.2, 0.25) is 0 Å². The lowest BCUT2D eigenvalue weighted by Gasteiger charge is -2.10. The number of amides is 1. The number of benzene rings is 3. The minimum Gasteiger partial charge on any atom is -0.322 e. The van der Waals surface area contributed by atoms with Crippen LogP contribution in [-0.2, 0) is 14.8 Å². The van der Waals surface area contributed by atoms with Crippen LogP contribution in [0.5, 0.6) is 0 Å². The van der Waals surface area contributed by atoms with Crippen molar-refractivity contribution in [3.8, 4) is 11.3 Å². The van der Waals surface area contributed by atoms with Crippen molar-refractivity contribution in [1.29, 1.82) is 0 Å². The Balaban J connectivity index is 1.49.